The van der Waals surface area contributed by atoms with E-state index in [2.05, 4.69) is 5.32 Å². The van der Waals surface area contributed by atoms with Gasteiger partial charge in [0.05, 0.1) is 0 Å². The van der Waals surface area contributed by atoms with Crippen molar-refractivity contribution < 1.29 is 4.79 Å². The maximum atomic E-state index is 11.9. The van der Waals surface area contributed by atoms with Crippen molar-refractivity contribution in [3.05, 3.63) is 70.7 Å². The van der Waals surface area contributed by atoms with Crippen molar-refractivity contribution in [2.24, 2.45) is 5.73 Å². The maximum Gasteiger partial charge on any atom is 0.241 e. The molecular formula is C16H17ClN2O. The fourth-order valence-corrected chi connectivity index (χ4v) is 2.16. The molecule has 20 heavy (non-hydrogen) atoms. The number of benzene rings is 2. The Morgan fingerprint density at radius 3 is 2.60 bits per heavy atom. The van der Waals surface area contributed by atoms with Gasteiger partial charge in [0.15, 0.2) is 0 Å². The Kier molecular flexibility index (Phi) is 5.16. The van der Waals surface area contributed by atoms with Crippen molar-refractivity contribution in [2.75, 3.05) is 6.54 Å². The van der Waals surface area contributed by atoms with Crippen molar-refractivity contribution in [3.63, 3.8) is 0 Å². The molecular weight excluding hydrogens is 272 g/mol. The lowest BCUT2D eigenvalue weighted by Crippen LogP contribution is -2.35. The van der Waals surface area contributed by atoms with Crippen LogP contribution in [0.15, 0.2) is 54.6 Å². The van der Waals surface area contributed by atoms with Gasteiger partial charge >= 0.3 is 0 Å². The molecule has 2 rings (SSSR count). The molecule has 0 bridgehead atoms. The highest BCUT2D eigenvalue weighted by molar-refractivity contribution is 6.30. The zero-order valence-corrected chi connectivity index (χ0v) is 11.8. The molecule has 0 heterocycles. The predicted molar refractivity (Wildman–Crippen MR) is 81.5 cm³/mol. The van der Waals surface area contributed by atoms with Crippen LogP contribution < -0.4 is 11.1 Å². The molecule has 0 aliphatic carbocycles. The van der Waals surface area contributed by atoms with Crippen LogP contribution in [0.3, 0.4) is 0 Å². The Hall–Kier alpha value is -1.84. The lowest BCUT2D eigenvalue weighted by molar-refractivity contribution is -0.122. The average Bonchev–Trinajstić information content (AvgIpc) is 2.47. The summed E-state index contributed by atoms with van der Waals surface area (Å²) in [6, 6.07) is 16.3. The Bertz CT molecular complexity index is 572. The summed E-state index contributed by atoms with van der Waals surface area (Å²) in [7, 11) is 0. The number of hydrogen-bond donors (Lipinski definition) is 2. The van der Waals surface area contributed by atoms with Crippen LogP contribution in [0.25, 0.3) is 0 Å². The Morgan fingerprint density at radius 1 is 1.15 bits per heavy atom. The molecule has 2 aromatic rings. The first-order valence-electron chi connectivity index (χ1n) is 6.49. The molecule has 0 aliphatic rings. The second-order valence-corrected chi connectivity index (χ2v) is 5.00. The van der Waals surface area contributed by atoms with Gasteiger partial charge in [0.1, 0.15) is 6.04 Å². The third kappa shape index (κ3) is 4.08. The minimum atomic E-state index is -0.629. The van der Waals surface area contributed by atoms with E-state index >= 15 is 0 Å². The minimum Gasteiger partial charge on any atom is -0.354 e. The van der Waals surface area contributed by atoms with Gasteiger partial charge in [-0.05, 0) is 29.7 Å². The number of nitrogens with two attached hydrogens (primary N) is 1. The average molecular weight is 289 g/mol. The van der Waals surface area contributed by atoms with E-state index in [9.17, 15) is 4.79 Å². The molecule has 0 aliphatic heterocycles. The summed E-state index contributed by atoms with van der Waals surface area (Å²) in [5.74, 6) is -0.168. The molecule has 0 radical (unpaired) electrons. The monoisotopic (exact) mass is 288 g/mol. The van der Waals surface area contributed by atoms with Crippen LogP contribution in [0.4, 0.5) is 0 Å². The molecule has 3 N–H and O–H groups in total. The Balaban J connectivity index is 1.83. The van der Waals surface area contributed by atoms with Gasteiger partial charge in [-0.15, -0.1) is 0 Å². The molecule has 2 aromatic carbocycles. The number of carbonyl (C=O) groups excluding carboxylic acids is 1. The first-order chi connectivity index (χ1) is 9.66. The topological polar surface area (TPSA) is 55.1 Å². The zero-order valence-electron chi connectivity index (χ0n) is 11.1. The fraction of sp³-hybridized carbons (Fsp3) is 0.188. The normalized spacial score (nSPS) is 11.9. The highest BCUT2D eigenvalue weighted by Gasteiger charge is 2.14. The highest BCUT2D eigenvalue weighted by atomic mass is 35.5. The van der Waals surface area contributed by atoms with Crippen molar-refractivity contribution in [1.29, 1.82) is 0 Å². The van der Waals surface area contributed by atoms with Crippen LogP contribution >= 0.6 is 11.6 Å². The van der Waals surface area contributed by atoms with Gasteiger partial charge in [-0.2, -0.15) is 0 Å². The molecule has 0 spiro atoms. The number of nitrogens with one attached hydrogen (secondary N) is 1. The SMILES string of the molecule is NC(C(=O)NCCc1cccc(Cl)c1)c1ccccc1. The minimum absolute atomic E-state index is 0.168. The highest BCUT2D eigenvalue weighted by Crippen LogP contribution is 2.11. The largest absolute Gasteiger partial charge is 0.354 e. The summed E-state index contributed by atoms with van der Waals surface area (Å²) in [5, 5.41) is 3.55. The molecule has 1 amide bonds. The summed E-state index contributed by atoms with van der Waals surface area (Å²) in [6.07, 6.45) is 0.730. The van der Waals surface area contributed by atoms with Crippen LogP contribution in [0, 0.1) is 0 Å². The number of carbonyl (C=O) groups is 1. The molecule has 0 fully saturated rings. The lowest BCUT2D eigenvalue weighted by atomic mass is 10.1. The van der Waals surface area contributed by atoms with Crippen molar-refractivity contribution in [1.82, 2.24) is 5.32 Å². The zero-order chi connectivity index (χ0) is 14.4. The second kappa shape index (κ2) is 7.08. The van der Waals surface area contributed by atoms with E-state index < -0.39 is 6.04 Å². The number of halogens is 1. The van der Waals surface area contributed by atoms with Crippen LogP contribution in [0.5, 0.6) is 0 Å². The summed E-state index contributed by atoms with van der Waals surface area (Å²) >= 11 is 5.91. The van der Waals surface area contributed by atoms with E-state index in [0.717, 1.165) is 17.5 Å². The Morgan fingerprint density at radius 2 is 1.90 bits per heavy atom. The Labute approximate surface area is 123 Å². The van der Waals surface area contributed by atoms with E-state index in [1.54, 1.807) is 0 Å². The summed E-state index contributed by atoms with van der Waals surface area (Å²) < 4.78 is 0. The molecule has 3 nitrogen and oxygen atoms in total. The van der Waals surface area contributed by atoms with Gasteiger partial charge in [-0.25, -0.2) is 0 Å². The maximum absolute atomic E-state index is 11.9. The third-order valence-electron chi connectivity index (χ3n) is 3.04. The van der Waals surface area contributed by atoms with Crippen LogP contribution in [-0.2, 0) is 11.2 Å². The number of rotatable bonds is 5. The molecule has 1 atom stereocenters. The molecule has 4 heteroatoms. The molecule has 104 valence electrons. The van der Waals surface area contributed by atoms with Crippen LogP contribution in [0.1, 0.15) is 17.2 Å². The van der Waals surface area contributed by atoms with Crippen molar-refractivity contribution >= 4 is 17.5 Å². The van der Waals surface area contributed by atoms with E-state index in [-0.39, 0.29) is 5.91 Å². The molecule has 1 unspecified atom stereocenters. The number of amides is 1. The summed E-state index contributed by atoms with van der Waals surface area (Å²) in [6.45, 7) is 0.541. The van der Waals surface area contributed by atoms with Gasteiger partial charge in [0.2, 0.25) is 5.91 Å². The quantitative estimate of drug-likeness (QED) is 0.889. The fourth-order valence-electron chi connectivity index (χ4n) is 1.94. The van der Waals surface area contributed by atoms with E-state index in [4.69, 9.17) is 17.3 Å². The van der Waals surface area contributed by atoms with Gasteiger partial charge < -0.3 is 11.1 Å². The second-order valence-electron chi connectivity index (χ2n) is 4.56. The smallest absolute Gasteiger partial charge is 0.241 e. The van der Waals surface area contributed by atoms with E-state index in [0.29, 0.717) is 11.6 Å². The van der Waals surface area contributed by atoms with Gasteiger partial charge in [-0.1, -0.05) is 54.1 Å². The van der Waals surface area contributed by atoms with Crippen molar-refractivity contribution in [3.8, 4) is 0 Å². The summed E-state index contributed by atoms with van der Waals surface area (Å²) in [5.41, 5.74) is 7.81. The standard InChI is InChI=1S/C16H17ClN2O/c17-14-8-4-5-12(11-14)9-10-19-16(20)15(18)13-6-2-1-3-7-13/h1-8,11,15H,9-10,18H2,(H,19,20). The van der Waals surface area contributed by atoms with E-state index in [1.807, 2.05) is 54.6 Å². The first-order valence-corrected chi connectivity index (χ1v) is 6.87. The van der Waals surface area contributed by atoms with Crippen LogP contribution in [0.2, 0.25) is 5.02 Å². The summed E-state index contributed by atoms with van der Waals surface area (Å²) in [4.78, 5) is 11.9. The molecule has 0 aromatic heterocycles. The van der Waals surface area contributed by atoms with Gasteiger partial charge in [-0.3, -0.25) is 4.79 Å². The van der Waals surface area contributed by atoms with Gasteiger partial charge in [0, 0.05) is 11.6 Å². The van der Waals surface area contributed by atoms with Crippen molar-refractivity contribution in [2.45, 2.75) is 12.5 Å². The first kappa shape index (κ1) is 14.6. The van der Waals surface area contributed by atoms with E-state index in [1.165, 1.54) is 0 Å². The predicted octanol–water partition coefficient (Wildman–Crippen LogP) is 2.70. The van der Waals surface area contributed by atoms with Crippen LogP contribution in [-0.4, -0.2) is 12.5 Å². The molecule has 0 saturated carbocycles. The van der Waals surface area contributed by atoms with Gasteiger partial charge in [0.25, 0.3) is 0 Å². The number of hydrogen-bond acceptors (Lipinski definition) is 2. The molecule has 0 saturated heterocycles. The third-order valence-corrected chi connectivity index (χ3v) is 3.28. The lowest BCUT2D eigenvalue weighted by Gasteiger charge is -2.12.